The maximum absolute atomic E-state index is 12.4. The van der Waals surface area contributed by atoms with Crippen LogP contribution in [-0.4, -0.2) is 45.9 Å². The molecule has 0 radical (unpaired) electrons. The van der Waals surface area contributed by atoms with Gasteiger partial charge in [-0.05, 0) is 56.1 Å². The smallest absolute Gasteiger partial charge is 0.303 e. The maximum atomic E-state index is 12.4. The number of hydrogen-bond donors (Lipinski definition) is 3. The van der Waals surface area contributed by atoms with Crippen LogP contribution in [-0.2, 0) is 27.4 Å². The summed E-state index contributed by atoms with van der Waals surface area (Å²) in [6.45, 7) is 3.19. The van der Waals surface area contributed by atoms with E-state index in [1.165, 1.54) is 0 Å². The molecule has 1 aliphatic carbocycles. The molecule has 3 N–H and O–H groups in total. The lowest BCUT2D eigenvalue weighted by Gasteiger charge is -2.22. The molecule has 0 aromatic heterocycles. The Morgan fingerprint density at radius 2 is 1.90 bits per heavy atom. The van der Waals surface area contributed by atoms with Crippen molar-refractivity contribution in [3.05, 3.63) is 35.4 Å². The summed E-state index contributed by atoms with van der Waals surface area (Å²) in [4.78, 5) is 22.9. The molecule has 0 bridgehead atoms. The number of ketones is 1. The summed E-state index contributed by atoms with van der Waals surface area (Å²) >= 11 is 0. The minimum absolute atomic E-state index is 0.0922. The highest BCUT2D eigenvalue weighted by atomic mass is 16.5. The summed E-state index contributed by atoms with van der Waals surface area (Å²) in [5.41, 5.74) is 2.15. The van der Waals surface area contributed by atoms with Gasteiger partial charge in [-0.15, -0.1) is 0 Å². The van der Waals surface area contributed by atoms with Crippen LogP contribution in [0, 0.1) is 11.8 Å². The molecule has 31 heavy (non-hydrogen) atoms. The van der Waals surface area contributed by atoms with E-state index in [2.05, 4.69) is 6.07 Å². The van der Waals surface area contributed by atoms with Crippen molar-refractivity contribution in [1.29, 1.82) is 0 Å². The van der Waals surface area contributed by atoms with Crippen LogP contribution in [0.1, 0.15) is 75.8 Å². The topological polar surface area (TPSA) is 104 Å². The summed E-state index contributed by atoms with van der Waals surface area (Å²) < 4.78 is 5.44. The molecule has 0 aliphatic heterocycles. The van der Waals surface area contributed by atoms with E-state index in [9.17, 15) is 19.8 Å². The summed E-state index contributed by atoms with van der Waals surface area (Å²) in [5, 5.41) is 29.6. The third-order valence-electron chi connectivity index (χ3n) is 6.26. The third kappa shape index (κ3) is 9.09. The van der Waals surface area contributed by atoms with Gasteiger partial charge in [0.1, 0.15) is 5.78 Å². The lowest BCUT2D eigenvalue weighted by molar-refractivity contribution is -0.137. The van der Waals surface area contributed by atoms with Gasteiger partial charge in [0.2, 0.25) is 0 Å². The molecule has 4 atom stereocenters. The first kappa shape index (κ1) is 25.5. The van der Waals surface area contributed by atoms with Gasteiger partial charge in [0, 0.05) is 25.4 Å². The van der Waals surface area contributed by atoms with Crippen molar-refractivity contribution in [1.82, 2.24) is 0 Å². The summed E-state index contributed by atoms with van der Waals surface area (Å²) in [7, 11) is 0. The Bertz CT molecular complexity index is 688. The van der Waals surface area contributed by atoms with E-state index in [1.54, 1.807) is 0 Å². The van der Waals surface area contributed by atoms with Crippen LogP contribution in [0.15, 0.2) is 24.3 Å². The average molecular weight is 435 g/mol. The number of rotatable bonds is 15. The van der Waals surface area contributed by atoms with Crippen LogP contribution in [0.5, 0.6) is 0 Å². The Hall–Kier alpha value is -1.76. The number of aliphatic hydroxyl groups excluding tert-OH is 2. The zero-order valence-electron chi connectivity index (χ0n) is 18.7. The van der Waals surface area contributed by atoms with Crippen LogP contribution in [0.2, 0.25) is 0 Å². The van der Waals surface area contributed by atoms with E-state index < -0.39 is 18.2 Å². The second-order valence-electron chi connectivity index (χ2n) is 8.75. The van der Waals surface area contributed by atoms with E-state index in [0.29, 0.717) is 38.9 Å². The minimum Gasteiger partial charge on any atom is -0.481 e. The standard InChI is InChI=1S/C25H38O6/c1-2-31-17-19-9-7-8-18(14-19)15-20(26)12-13-22-21(23(27)16-24(22)28)10-5-3-4-6-11-25(29)30/h7-9,14,20-22,24,26,28H,2-6,10-13,15-17H2,1H3,(H,29,30)/t20-,21+,22+,24+/m0/s1. The molecule has 6 nitrogen and oxygen atoms in total. The number of Topliss-reactive ketones (excluding diaryl/α,β-unsaturated/α-hetero) is 1. The molecule has 0 saturated heterocycles. The van der Waals surface area contributed by atoms with E-state index in [-0.39, 0.29) is 30.5 Å². The molecule has 1 aromatic carbocycles. The highest BCUT2D eigenvalue weighted by Gasteiger charge is 2.40. The Kier molecular flexibility index (Phi) is 11.2. The Balaban J connectivity index is 1.77. The lowest BCUT2D eigenvalue weighted by Crippen LogP contribution is -2.23. The molecular formula is C25H38O6. The summed E-state index contributed by atoms with van der Waals surface area (Å²) in [6.07, 6.45) is 5.03. The van der Waals surface area contributed by atoms with Gasteiger partial charge in [-0.25, -0.2) is 0 Å². The molecular weight excluding hydrogens is 396 g/mol. The van der Waals surface area contributed by atoms with Crippen LogP contribution in [0.25, 0.3) is 0 Å². The number of carboxylic acid groups (broad SMARTS) is 1. The largest absolute Gasteiger partial charge is 0.481 e. The quantitative estimate of drug-likeness (QED) is 0.362. The average Bonchev–Trinajstić information content (AvgIpc) is 2.99. The van der Waals surface area contributed by atoms with Gasteiger partial charge in [-0.3, -0.25) is 9.59 Å². The normalized spacial score (nSPS) is 22.0. The van der Waals surface area contributed by atoms with Crippen molar-refractivity contribution in [2.75, 3.05) is 6.61 Å². The molecule has 0 heterocycles. The second-order valence-corrected chi connectivity index (χ2v) is 8.75. The zero-order chi connectivity index (χ0) is 22.6. The van der Waals surface area contributed by atoms with Crippen molar-refractivity contribution in [2.45, 2.75) is 89.9 Å². The van der Waals surface area contributed by atoms with Gasteiger partial charge in [-0.1, -0.05) is 43.5 Å². The number of hydrogen-bond acceptors (Lipinski definition) is 5. The molecule has 0 spiro atoms. The highest BCUT2D eigenvalue weighted by molar-refractivity contribution is 5.84. The molecule has 2 rings (SSSR count). The fourth-order valence-corrected chi connectivity index (χ4v) is 4.60. The van der Waals surface area contributed by atoms with E-state index >= 15 is 0 Å². The molecule has 1 aliphatic rings. The third-order valence-corrected chi connectivity index (χ3v) is 6.26. The minimum atomic E-state index is -0.770. The molecule has 0 unspecified atom stereocenters. The monoisotopic (exact) mass is 434 g/mol. The maximum Gasteiger partial charge on any atom is 0.303 e. The highest BCUT2D eigenvalue weighted by Crippen LogP contribution is 2.36. The van der Waals surface area contributed by atoms with E-state index in [0.717, 1.165) is 36.8 Å². The molecule has 1 saturated carbocycles. The number of aliphatic hydroxyl groups is 2. The number of carboxylic acids is 1. The number of carbonyl (C=O) groups excluding carboxylic acids is 1. The number of ether oxygens (including phenoxy) is 1. The predicted octanol–water partition coefficient (Wildman–Crippen LogP) is 3.90. The Morgan fingerprint density at radius 3 is 2.65 bits per heavy atom. The Labute approximate surface area is 185 Å². The lowest BCUT2D eigenvalue weighted by atomic mass is 9.85. The zero-order valence-corrected chi connectivity index (χ0v) is 18.7. The van der Waals surface area contributed by atoms with Crippen LogP contribution >= 0.6 is 0 Å². The van der Waals surface area contributed by atoms with Crippen LogP contribution in [0.4, 0.5) is 0 Å². The van der Waals surface area contributed by atoms with Gasteiger partial charge in [0.15, 0.2) is 0 Å². The van der Waals surface area contributed by atoms with E-state index in [1.807, 2.05) is 25.1 Å². The van der Waals surface area contributed by atoms with Crippen molar-refractivity contribution >= 4 is 11.8 Å². The first-order valence-electron chi connectivity index (χ1n) is 11.7. The molecule has 1 aromatic rings. The van der Waals surface area contributed by atoms with Gasteiger partial charge in [0.05, 0.1) is 18.8 Å². The fourth-order valence-electron chi connectivity index (χ4n) is 4.60. The number of aliphatic carboxylic acids is 1. The van der Waals surface area contributed by atoms with Gasteiger partial charge >= 0.3 is 5.97 Å². The number of carbonyl (C=O) groups is 2. The summed E-state index contributed by atoms with van der Waals surface area (Å²) in [5.74, 6) is -0.878. The van der Waals surface area contributed by atoms with Crippen molar-refractivity contribution < 1.29 is 29.6 Å². The van der Waals surface area contributed by atoms with Gasteiger partial charge in [0.25, 0.3) is 0 Å². The van der Waals surface area contributed by atoms with Gasteiger partial charge in [-0.2, -0.15) is 0 Å². The first-order valence-corrected chi connectivity index (χ1v) is 11.7. The van der Waals surface area contributed by atoms with E-state index in [4.69, 9.17) is 9.84 Å². The van der Waals surface area contributed by atoms with Crippen molar-refractivity contribution in [2.24, 2.45) is 11.8 Å². The SMILES string of the molecule is CCOCc1cccc(C[C@@H](O)CC[C@H]2[C@H](O)CC(=O)[C@@H]2CCCCCCC(=O)O)c1. The predicted molar refractivity (Wildman–Crippen MR) is 119 cm³/mol. The van der Waals surface area contributed by atoms with Crippen LogP contribution < -0.4 is 0 Å². The second kappa shape index (κ2) is 13.6. The molecule has 0 amide bonds. The molecule has 1 fully saturated rings. The fraction of sp³-hybridized carbons (Fsp3) is 0.680. The van der Waals surface area contributed by atoms with Crippen LogP contribution in [0.3, 0.4) is 0 Å². The number of unbranched alkanes of at least 4 members (excludes halogenated alkanes) is 3. The van der Waals surface area contributed by atoms with Gasteiger partial charge < -0.3 is 20.1 Å². The molecule has 6 heteroatoms. The Morgan fingerprint density at radius 1 is 1.16 bits per heavy atom. The van der Waals surface area contributed by atoms with Crippen molar-refractivity contribution in [3.8, 4) is 0 Å². The van der Waals surface area contributed by atoms with Crippen molar-refractivity contribution in [3.63, 3.8) is 0 Å². The number of benzene rings is 1. The first-order chi connectivity index (χ1) is 14.9. The summed E-state index contributed by atoms with van der Waals surface area (Å²) in [6, 6.07) is 8.04. The molecule has 174 valence electrons.